The summed E-state index contributed by atoms with van der Waals surface area (Å²) in [7, 11) is 0. The van der Waals surface area contributed by atoms with Gasteiger partial charge < -0.3 is 9.80 Å². The number of hydrogen-bond donors (Lipinski definition) is 0. The highest BCUT2D eigenvalue weighted by Crippen LogP contribution is 2.37. The standard InChI is InChI=1S/C24H28N4/c1-6-27(22-17(3)14-16(2)15-18(22)4)24-25-19(5)21-12-13-28(23(21)26-24)20-10-8-7-9-11-20/h7-11,14-15H,6,12-13H2,1-5H3. The van der Waals surface area contributed by atoms with Gasteiger partial charge in [0.15, 0.2) is 0 Å². The smallest absolute Gasteiger partial charge is 0.232 e. The fourth-order valence-corrected chi connectivity index (χ4v) is 4.39. The molecule has 0 amide bonds. The average Bonchev–Trinajstić information content (AvgIpc) is 3.09. The van der Waals surface area contributed by atoms with Crippen LogP contribution < -0.4 is 9.80 Å². The van der Waals surface area contributed by atoms with E-state index < -0.39 is 0 Å². The molecule has 2 aromatic carbocycles. The molecule has 1 aromatic heterocycles. The first kappa shape index (κ1) is 18.5. The predicted octanol–water partition coefficient (Wildman–Crippen LogP) is 5.56. The summed E-state index contributed by atoms with van der Waals surface area (Å²) in [5, 5.41) is 0. The van der Waals surface area contributed by atoms with E-state index in [1.807, 2.05) is 0 Å². The van der Waals surface area contributed by atoms with E-state index in [1.165, 1.54) is 33.6 Å². The van der Waals surface area contributed by atoms with Crippen LogP contribution >= 0.6 is 0 Å². The van der Waals surface area contributed by atoms with Gasteiger partial charge in [-0.05, 0) is 64.3 Å². The van der Waals surface area contributed by atoms with Crippen molar-refractivity contribution in [2.24, 2.45) is 0 Å². The van der Waals surface area contributed by atoms with Crippen molar-refractivity contribution in [2.75, 3.05) is 22.9 Å². The minimum atomic E-state index is 0.789. The first-order valence-electron chi connectivity index (χ1n) is 10.0. The minimum absolute atomic E-state index is 0.789. The first-order chi connectivity index (χ1) is 13.5. The lowest BCUT2D eigenvalue weighted by Gasteiger charge is -2.27. The van der Waals surface area contributed by atoms with Gasteiger partial charge in [-0.15, -0.1) is 0 Å². The van der Waals surface area contributed by atoms with Gasteiger partial charge in [0.1, 0.15) is 5.82 Å². The van der Waals surface area contributed by atoms with E-state index in [1.54, 1.807) is 0 Å². The molecule has 0 radical (unpaired) electrons. The summed E-state index contributed by atoms with van der Waals surface area (Å²) < 4.78 is 0. The summed E-state index contributed by atoms with van der Waals surface area (Å²) in [6, 6.07) is 15.0. The van der Waals surface area contributed by atoms with Crippen LogP contribution in [0.4, 0.5) is 23.1 Å². The van der Waals surface area contributed by atoms with Gasteiger partial charge in [-0.3, -0.25) is 0 Å². The molecule has 0 N–H and O–H groups in total. The zero-order valence-corrected chi connectivity index (χ0v) is 17.5. The fraction of sp³-hybridized carbons (Fsp3) is 0.333. The van der Waals surface area contributed by atoms with Crippen LogP contribution in [0, 0.1) is 27.7 Å². The maximum Gasteiger partial charge on any atom is 0.232 e. The highest BCUT2D eigenvalue weighted by atomic mass is 15.3. The van der Waals surface area contributed by atoms with E-state index in [-0.39, 0.29) is 0 Å². The number of fused-ring (bicyclic) bond motifs is 1. The number of aryl methyl sites for hydroxylation is 4. The quantitative estimate of drug-likeness (QED) is 0.600. The third-order valence-electron chi connectivity index (χ3n) is 5.55. The Morgan fingerprint density at radius 2 is 1.64 bits per heavy atom. The number of aromatic nitrogens is 2. The molecule has 2 heterocycles. The van der Waals surface area contributed by atoms with Gasteiger partial charge in [-0.25, -0.2) is 4.98 Å². The van der Waals surface area contributed by atoms with Crippen LogP contribution in [0.1, 0.15) is 34.9 Å². The van der Waals surface area contributed by atoms with Crippen LogP contribution in [0.3, 0.4) is 0 Å². The molecule has 1 aliphatic heterocycles. The average molecular weight is 373 g/mol. The molecule has 144 valence electrons. The third-order valence-corrected chi connectivity index (χ3v) is 5.55. The maximum atomic E-state index is 5.06. The molecule has 1 aliphatic rings. The molecule has 4 nitrogen and oxygen atoms in total. The van der Waals surface area contributed by atoms with Gasteiger partial charge in [0.05, 0.1) is 0 Å². The second-order valence-corrected chi connectivity index (χ2v) is 7.64. The van der Waals surface area contributed by atoms with E-state index in [9.17, 15) is 0 Å². The largest absolute Gasteiger partial charge is 0.326 e. The van der Waals surface area contributed by atoms with Crippen molar-refractivity contribution in [2.45, 2.75) is 41.0 Å². The first-order valence-corrected chi connectivity index (χ1v) is 10.0. The number of nitrogens with zero attached hydrogens (tertiary/aromatic N) is 4. The van der Waals surface area contributed by atoms with Crippen LogP contribution in [-0.4, -0.2) is 23.1 Å². The van der Waals surface area contributed by atoms with Crippen LogP contribution in [0.2, 0.25) is 0 Å². The van der Waals surface area contributed by atoms with Crippen LogP contribution in [0.5, 0.6) is 0 Å². The van der Waals surface area contributed by atoms with Gasteiger partial charge in [0.2, 0.25) is 5.95 Å². The molecule has 28 heavy (non-hydrogen) atoms. The Labute approximate surface area is 167 Å². The van der Waals surface area contributed by atoms with Gasteiger partial charge in [-0.2, -0.15) is 4.98 Å². The molecule has 0 bridgehead atoms. The van der Waals surface area contributed by atoms with E-state index in [0.29, 0.717) is 0 Å². The second kappa shape index (κ2) is 7.27. The summed E-state index contributed by atoms with van der Waals surface area (Å²) in [5.74, 6) is 1.84. The zero-order chi connectivity index (χ0) is 19.8. The lowest BCUT2D eigenvalue weighted by molar-refractivity contribution is 0.917. The molecule has 0 spiro atoms. The van der Waals surface area contributed by atoms with Crippen molar-refractivity contribution in [3.63, 3.8) is 0 Å². The van der Waals surface area contributed by atoms with Crippen LogP contribution in [0.15, 0.2) is 42.5 Å². The van der Waals surface area contributed by atoms with Crippen LogP contribution in [-0.2, 0) is 6.42 Å². The summed E-state index contributed by atoms with van der Waals surface area (Å²) in [4.78, 5) is 14.5. The number of benzene rings is 2. The Morgan fingerprint density at radius 3 is 2.29 bits per heavy atom. The van der Waals surface area contributed by atoms with Crippen molar-refractivity contribution in [3.8, 4) is 0 Å². The predicted molar refractivity (Wildman–Crippen MR) is 117 cm³/mol. The lowest BCUT2D eigenvalue weighted by atomic mass is 10.0. The molecule has 4 rings (SSSR count). The maximum absolute atomic E-state index is 5.06. The normalized spacial score (nSPS) is 13.0. The number of hydrogen-bond acceptors (Lipinski definition) is 4. The molecular formula is C24H28N4. The Hall–Kier alpha value is -2.88. The Kier molecular flexibility index (Phi) is 4.80. The van der Waals surface area contributed by atoms with Crippen LogP contribution in [0.25, 0.3) is 0 Å². The van der Waals surface area contributed by atoms with E-state index >= 15 is 0 Å². The lowest BCUT2D eigenvalue weighted by Crippen LogP contribution is -2.23. The minimum Gasteiger partial charge on any atom is -0.326 e. The summed E-state index contributed by atoms with van der Waals surface area (Å²) in [6.07, 6.45) is 0.991. The molecule has 0 aliphatic carbocycles. The summed E-state index contributed by atoms with van der Waals surface area (Å²) in [6.45, 7) is 12.6. The monoisotopic (exact) mass is 372 g/mol. The highest BCUT2D eigenvalue weighted by molar-refractivity contribution is 5.71. The van der Waals surface area contributed by atoms with E-state index in [2.05, 4.69) is 86.9 Å². The molecular weight excluding hydrogens is 344 g/mol. The highest BCUT2D eigenvalue weighted by Gasteiger charge is 2.27. The SMILES string of the molecule is CCN(c1nc(C)c2c(n1)N(c1ccccc1)CC2)c1c(C)cc(C)cc1C. The molecule has 0 unspecified atom stereocenters. The molecule has 0 saturated carbocycles. The number of anilines is 4. The summed E-state index contributed by atoms with van der Waals surface area (Å²) in [5.41, 5.74) is 8.58. The summed E-state index contributed by atoms with van der Waals surface area (Å²) >= 11 is 0. The van der Waals surface area contributed by atoms with Gasteiger partial charge >= 0.3 is 0 Å². The zero-order valence-electron chi connectivity index (χ0n) is 17.5. The fourth-order valence-electron chi connectivity index (χ4n) is 4.39. The molecule has 0 atom stereocenters. The second-order valence-electron chi connectivity index (χ2n) is 7.64. The Morgan fingerprint density at radius 1 is 0.964 bits per heavy atom. The number of rotatable bonds is 4. The van der Waals surface area contributed by atoms with Gasteiger partial charge in [-0.1, -0.05) is 35.9 Å². The number of para-hydroxylation sites is 1. The van der Waals surface area contributed by atoms with Crippen molar-refractivity contribution >= 4 is 23.1 Å². The van der Waals surface area contributed by atoms with Crippen molar-refractivity contribution < 1.29 is 0 Å². The van der Waals surface area contributed by atoms with Gasteiger partial charge in [0, 0.05) is 35.7 Å². The third kappa shape index (κ3) is 3.13. The van der Waals surface area contributed by atoms with Crippen molar-refractivity contribution in [1.29, 1.82) is 0 Å². The Balaban J connectivity index is 1.82. The molecule has 0 saturated heterocycles. The van der Waals surface area contributed by atoms with Crippen molar-refractivity contribution in [3.05, 3.63) is 70.4 Å². The molecule has 0 fully saturated rings. The van der Waals surface area contributed by atoms with Gasteiger partial charge in [0.25, 0.3) is 0 Å². The van der Waals surface area contributed by atoms with E-state index in [0.717, 1.165) is 37.0 Å². The topological polar surface area (TPSA) is 32.3 Å². The Bertz CT molecular complexity index is 988. The molecule has 4 heteroatoms. The molecule has 3 aromatic rings. The van der Waals surface area contributed by atoms with Crippen molar-refractivity contribution in [1.82, 2.24) is 9.97 Å². The van der Waals surface area contributed by atoms with E-state index in [4.69, 9.17) is 9.97 Å².